The Balaban J connectivity index is 1.73. The molecule has 0 saturated carbocycles. The number of aryl methyl sites for hydroxylation is 2. The predicted octanol–water partition coefficient (Wildman–Crippen LogP) is 4.40. The van der Waals surface area contributed by atoms with Gasteiger partial charge in [0.25, 0.3) is 0 Å². The first kappa shape index (κ1) is 21.0. The number of anilines is 1. The van der Waals surface area contributed by atoms with E-state index in [9.17, 15) is 20.1 Å². The fourth-order valence-corrected chi connectivity index (χ4v) is 5.43. The van der Waals surface area contributed by atoms with E-state index in [0.717, 1.165) is 43.0 Å². The lowest BCUT2D eigenvalue weighted by atomic mass is 10.1. The van der Waals surface area contributed by atoms with E-state index in [1.165, 1.54) is 35.6 Å². The zero-order chi connectivity index (χ0) is 21.0. The van der Waals surface area contributed by atoms with Crippen LogP contribution in [0.3, 0.4) is 0 Å². The third-order valence-corrected chi connectivity index (χ3v) is 7.00. The third kappa shape index (κ3) is 4.67. The van der Waals surface area contributed by atoms with Crippen molar-refractivity contribution < 1.29 is 9.59 Å². The summed E-state index contributed by atoms with van der Waals surface area (Å²) in [6.45, 7) is 3.14. The molecule has 8 heteroatoms. The van der Waals surface area contributed by atoms with Gasteiger partial charge in [-0.3, -0.25) is 9.59 Å². The lowest BCUT2D eigenvalue weighted by Gasteiger charge is -2.08. The van der Waals surface area contributed by atoms with Crippen LogP contribution < -0.4 is 5.32 Å². The Morgan fingerprint density at radius 2 is 2.00 bits per heavy atom. The van der Waals surface area contributed by atoms with Gasteiger partial charge in [0, 0.05) is 16.1 Å². The lowest BCUT2D eigenvalue weighted by molar-refractivity contribution is -0.113. The smallest absolute Gasteiger partial charge is 0.235 e. The van der Waals surface area contributed by atoms with Crippen molar-refractivity contribution in [3.8, 4) is 12.1 Å². The monoisotopic (exact) mass is 424 g/mol. The van der Waals surface area contributed by atoms with Crippen molar-refractivity contribution in [3.05, 3.63) is 38.9 Å². The normalized spacial score (nSPS) is 13.0. The van der Waals surface area contributed by atoms with Crippen LogP contribution in [0.4, 0.5) is 5.00 Å². The van der Waals surface area contributed by atoms with Crippen LogP contribution in [0.1, 0.15) is 63.8 Å². The number of fused-ring (bicyclic) bond motifs is 1. The third-order valence-electron chi connectivity index (χ3n) is 4.80. The maximum Gasteiger partial charge on any atom is 0.235 e. The number of amides is 1. The first-order chi connectivity index (χ1) is 13.9. The number of carbonyl (C=O) groups excluding carboxylic acids is 2. The molecule has 0 aliphatic heterocycles. The van der Waals surface area contributed by atoms with Gasteiger partial charge in [-0.05, 0) is 51.2 Å². The lowest BCUT2D eigenvalue weighted by Crippen LogP contribution is -2.14. The number of pyridine rings is 1. The molecule has 0 saturated heterocycles. The second kappa shape index (κ2) is 9.21. The average Bonchev–Trinajstić information content (AvgIpc) is 2.85. The number of nitrogens with one attached hydrogen (secondary N) is 1. The summed E-state index contributed by atoms with van der Waals surface area (Å²) in [5.74, 6) is -0.335. The van der Waals surface area contributed by atoms with Crippen molar-refractivity contribution in [2.24, 2.45) is 0 Å². The Bertz CT molecular complexity index is 1060. The van der Waals surface area contributed by atoms with Crippen molar-refractivity contribution in [3.63, 3.8) is 0 Å². The van der Waals surface area contributed by atoms with Crippen LogP contribution in [0.15, 0.2) is 11.1 Å². The maximum atomic E-state index is 12.5. The molecule has 1 aliphatic rings. The Morgan fingerprint density at radius 3 is 2.69 bits per heavy atom. The summed E-state index contributed by atoms with van der Waals surface area (Å²) in [6.07, 6.45) is 5.19. The van der Waals surface area contributed by atoms with Gasteiger partial charge < -0.3 is 5.32 Å². The molecular formula is C21H20N4O2S2. The first-order valence-corrected chi connectivity index (χ1v) is 11.1. The molecule has 0 bridgehead atoms. The van der Waals surface area contributed by atoms with E-state index in [1.54, 1.807) is 6.92 Å². The number of nitriles is 2. The van der Waals surface area contributed by atoms with E-state index < -0.39 is 0 Å². The molecule has 3 rings (SSSR count). The topological polar surface area (TPSA) is 107 Å². The summed E-state index contributed by atoms with van der Waals surface area (Å²) in [4.78, 5) is 29.7. The Morgan fingerprint density at radius 1 is 1.24 bits per heavy atom. The molecule has 0 fully saturated rings. The summed E-state index contributed by atoms with van der Waals surface area (Å²) in [7, 11) is 0. The van der Waals surface area contributed by atoms with E-state index in [2.05, 4.69) is 16.4 Å². The highest BCUT2D eigenvalue weighted by atomic mass is 32.2. The van der Waals surface area contributed by atoms with Crippen molar-refractivity contribution in [2.75, 3.05) is 11.1 Å². The fourth-order valence-electron chi connectivity index (χ4n) is 3.38. The summed E-state index contributed by atoms with van der Waals surface area (Å²) in [5, 5.41) is 22.8. The van der Waals surface area contributed by atoms with Gasteiger partial charge >= 0.3 is 0 Å². The minimum atomic E-state index is -0.248. The zero-order valence-electron chi connectivity index (χ0n) is 16.3. The summed E-state index contributed by atoms with van der Waals surface area (Å²) >= 11 is 2.65. The molecule has 1 aliphatic carbocycles. The van der Waals surface area contributed by atoms with Crippen LogP contribution in [0, 0.1) is 29.6 Å². The average molecular weight is 425 g/mol. The van der Waals surface area contributed by atoms with E-state index in [4.69, 9.17) is 0 Å². The van der Waals surface area contributed by atoms with Crippen molar-refractivity contribution >= 4 is 39.8 Å². The Hall–Kier alpha value is -2.68. The van der Waals surface area contributed by atoms with Crippen LogP contribution in [-0.2, 0) is 17.6 Å². The molecule has 2 aromatic heterocycles. The molecule has 2 heterocycles. The highest BCUT2D eigenvalue weighted by Gasteiger charge is 2.21. The predicted molar refractivity (Wildman–Crippen MR) is 113 cm³/mol. The van der Waals surface area contributed by atoms with E-state index in [-0.39, 0.29) is 23.0 Å². The number of thiophene rings is 1. The van der Waals surface area contributed by atoms with Gasteiger partial charge in [0.2, 0.25) is 5.91 Å². The van der Waals surface area contributed by atoms with Gasteiger partial charge in [0.05, 0.1) is 16.9 Å². The molecule has 148 valence electrons. The summed E-state index contributed by atoms with van der Waals surface area (Å²) in [5.41, 5.74) is 2.89. The van der Waals surface area contributed by atoms with Gasteiger partial charge in [-0.15, -0.1) is 11.3 Å². The van der Waals surface area contributed by atoms with Crippen LogP contribution in [0.25, 0.3) is 0 Å². The molecule has 0 atom stereocenters. The largest absolute Gasteiger partial charge is 0.316 e. The van der Waals surface area contributed by atoms with Gasteiger partial charge in [0.1, 0.15) is 22.2 Å². The van der Waals surface area contributed by atoms with Crippen molar-refractivity contribution in [2.45, 2.75) is 51.0 Å². The van der Waals surface area contributed by atoms with Crippen molar-refractivity contribution in [1.29, 1.82) is 10.5 Å². The summed E-state index contributed by atoms with van der Waals surface area (Å²) < 4.78 is 0. The van der Waals surface area contributed by atoms with Gasteiger partial charge in [-0.25, -0.2) is 4.98 Å². The molecule has 0 aromatic carbocycles. The number of thioether (sulfide) groups is 1. The zero-order valence-corrected chi connectivity index (χ0v) is 17.9. The molecule has 0 spiro atoms. The SMILES string of the molecule is CC(=O)c1cc(C#N)c(SCC(=O)Nc2sc3c(c2C#N)CCCCC3)nc1C. The van der Waals surface area contributed by atoms with E-state index in [0.29, 0.717) is 26.8 Å². The highest BCUT2D eigenvalue weighted by molar-refractivity contribution is 8.00. The number of rotatable bonds is 5. The molecule has 2 aromatic rings. The molecule has 0 unspecified atom stereocenters. The van der Waals surface area contributed by atoms with Crippen LogP contribution in [0.5, 0.6) is 0 Å². The number of Topliss-reactive ketones (excluding diaryl/α,β-unsaturated/α-hetero) is 1. The number of hydrogen-bond donors (Lipinski definition) is 1. The van der Waals surface area contributed by atoms with Crippen molar-refractivity contribution in [1.82, 2.24) is 4.98 Å². The van der Waals surface area contributed by atoms with Crippen LogP contribution in [0.2, 0.25) is 0 Å². The molecule has 0 radical (unpaired) electrons. The molecule has 29 heavy (non-hydrogen) atoms. The second-order valence-corrected chi connectivity index (χ2v) is 8.93. The molecule has 1 amide bonds. The quantitative estimate of drug-likeness (QED) is 0.433. The van der Waals surface area contributed by atoms with Crippen LogP contribution >= 0.6 is 23.1 Å². The molecular weight excluding hydrogens is 404 g/mol. The highest BCUT2D eigenvalue weighted by Crippen LogP contribution is 2.37. The van der Waals surface area contributed by atoms with E-state index >= 15 is 0 Å². The number of carbonyl (C=O) groups is 2. The molecule has 1 N–H and O–H groups in total. The summed E-state index contributed by atoms with van der Waals surface area (Å²) in [6, 6.07) is 5.82. The Labute approximate surface area is 178 Å². The second-order valence-electron chi connectivity index (χ2n) is 6.86. The first-order valence-electron chi connectivity index (χ1n) is 9.34. The van der Waals surface area contributed by atoms with Gasteiger partial charge in [0.15, 0.2) is 5.78 Å². The van der Waals surface area contributed by atoms with Gasteiger partial charge in [-0.1, -0.05) is 18.2 Å². The van der Waals surface area contributed by atoms with Crippen LogP contribution in [-0.4, -0.2) is 22.4 Å². The number of aromatic nitrogens is 1. The number of ketones is 1. The minimum absolute atomic E-state index is 0.0635. The standard InChI is InChI=1S/C21H20N4O2S2/c1-12-16(13(2)26)8-14(9-22)20(24-12)28-11-19(27)25-21-17(10-23)15-6-4-3-5-7-18(15)29-21/h8H,3-7,11H2,1-2H3,(H,25,27). The minimum Gasteiger partial charge on any atom is -0.316 e. The Kier molecular flexibility index (Phi) is 6.68. The van der Waals surface area contributed by atoms with Gasteiger partial charge in [-0.2, -0.15) is 10.5 Å². The number of nitrogens with zero attached hydrogens (tertiary/aromatic N) is 3. The maximum absolute atomic E-state index is 12.5. The number of hydrogen-bond acceptors (Lipinski definition) is 7. The molecule has 6 nitrogen and oxygen atoms in total. The van der Waals surface area contributed by atoms with E-state index in [1.807, 2.05) is 6.07 Å². The fraction of sp³-hybridized carbons (Fsp3) is 0.381.